The third kappa shape index (κ3) is 3.88. The van der Waals surface area contributed by atoms with Crippen LogP contribution < -0.4 is 0 Å². The lowest BCUT2D eigenvalue weighted by molar-refractivity contribution is 0.595. The molecule has 4 heteroatoms. The van der Waals surface area contributed by atoms with Gasteiger partial charge in [0.15, 0.2) is 0 Å². The van der Waals surface area contributed by atoms with Crippen molar-refractivity contribution in [2.75, 3.05) is 0 Å². The number of rotatable bonds is 5. The van der Waals surface area contributed by atoms with Crippen molar-refractivity contribution in [2.24, 2.45) is 0 Å². The van der Waals surface area contributed by atoms with Gasteiger partial charge in [-0.05, 0) is 67.0 Å². The lowest BCUT2D eigenvalue weighted by Crippen LogP contribution is -2.08. The van der Waals surface area contributed by atoms with Gasteiger partial charge in [0, 0.05) is 5.39 Å². The van der Waals surface area contributed by atoms with E-state index in [2.05, 4.69) is 0 Å². The zero-order valence-electron chi connectivity index (χ0n) is 17.0. The van der Waals surface area contributed by atoms with Gasteiger partial charge in [0.25, 0.3) is 0 Å². The first kappa shape index (κ1) is 20.3. The Balaban J connectivity index is 1.83. The Bertz CT molecular complexity index is 1320. The zero-order valence-corrected chi connectivity index (χ0v) is 17.8. The van der Waals surface area contributed by atoms with Crippen molar-refractivity contribution < 1.29 is 12.8 Å². The van der Waals surface area contributed by atoms with Crippen molar-refractivity contribution in [2.45, 2.75) is 36.5 Å². The molecule has 152 valence electrons. The van der Waals surface area contributed by atoms with Crippen molar-refractivity contribution in [3.8, 4) is 0 Å². The molecule has 0 aromatic heterocycles. The molecule has 0 saturated carbocycles. The summed E-state index contributed by atoms with van der Waals surface area (Å²) in [6, 6.07) is 23.4. The van der Waals surface area contributed by atoms with Crippen molar-refractivity contribution in [3.63, 3.8) is 0 Å². The van der Waals surface area contributed by atoms with Gasteiger partial charge in [-0.3, -0.25) is 0 Å². The Kier molecular flexibility index (Phi) is 5.44. The number of halogens is 1. The molecule has 0 fully saturated rings. The monoisotopic (exact) mass is 418 g/mol. The van der Waals surface area contributed by atoms with Crippen LogP contribution in [0.4, 0.5) is 4.39 Å². The quantitative estimate of drug-likeness (QED) is 0.386. The van der Waals surface area contributed by atoms with Gasteiger partial charge in [0.1, 0.15) is 5.82 Å². The van der Waals surface area contributed by atoms with E-state index in [0.29, 0.717) is 34.3 Å². The SMILES string of the molecule is Cc1ccc(S(=O)(=O)c2c(CCc3ccc(C)cc3F)ccc3ccccc23)cc1. The Morgan fingerprint density at radius 1 is 0.733 bits per heavy atom. The highest BCUT2D eigenvalue weighted by Gasteiger charge is 2.24. The Morgan fingerprint density at radius 3 is 2.10 bits per heavy atom. The fourth-order valence-electron chi connectivity index (χ4n) is 3.76. The summed E-state index contributed by atoms with van der Waals surface area (Å²) in [6.45, 7) is 3.78. The van der Waals surface area contributed by atoms with Crippen LogP contribution >= 0.6 is 0 Å². The predicted octanol–water partition coefficient (Wildman–Crippen LogP) is 6.21. The molecule has 0 aliphatic rings. The number of hydrogen-bond donors (Lipinski definition) is 0. The smallest absolute Gasteiger partial charge is 0.207 e. The Morgan fingerprint density at radius 2 is 1.37 bits per heavy atom. The molecule has 0 aliphatic heterocycles. The van der Waals surface area contributed by atoms with Gasteiger partial charge < -0.3 is 0 Å². The molecule has 4 aromatic carbocycles. The molecular formula is C26H23FO2S. The lowest BCUT2D eigenvalue weighted by atomic mass is 10.00. The maximum atomic E-state index is 14.3. The van der Waals surface area contributed by atoms with Gasteiger partial charge in [0.2, 0.25) is 9.84 Å². The van der Waals surface area contributed by atoms with Crippen LogP contribution in [-0.4, -0.2) is 8.42 Å². The largest absolute Gasteiger partial charge is 0.218 e. The molecular weight excluding hydrogens is 395 g/mol. The van der Waals surface area contributed by atoms with Gasteiger partial charge >= 0.3 is 0 Å². The van der Waals surface area contributed by atoms with E-state index in [1.807, 2.05) is 56.3 Å². The summed E-state index contributed by atoms with van der Waals surface area (Å²) in [5.74, 6) is -0.251. The normalized spacial score (nSPS) is 11.7. The van der Waals surface area contributed by atoms with Crippen molar-refractivity contribution in [1.29, 1.82) is 0 Å². The van der Waals surface area contributed by atoms with Crippen LogP contribution in [0.1, 0.15) is 22.3 Å². The van der Waals surface area contributed by atoms with Crippen LogP contribution in [0.3, 0.4) is 0 Å². The first-order valence-electron chi connectivity index (χ1n) is 9.94. The van der Waals surface area contributed by atoms with Crippen LogP contribution in [0.15, 0.2) is 88.7 Å². The van der Waals surface area contributed by atoms with Crippen molar-refractivity contribution >= 4 is 20.6 Å². The van der Waals surface area contributed by atoms with Crippen LogP contribution in [-0.2, 0) is 22.7 Å². The minimum absolute atomic E-state index is 0.251. The summed E-state index contributed by atoms with van der Waals surface area (Å²) < 4.78 is 41.6. The molecule has 0 saturated heterocycles. The summed E-state index contributed by atoms with van der Waals surface area (Å²) >= 11 is 0. The molecule has 0 heterocycles. The number of aryl methyl sites for hydroxylation is 4. The van der Waals surface area contributed by atoms with E-state index in [9.17, 15) is 12.8 Å². The van der Waals surface area contributed by atoms with Gasteiger partial charge in [-0.25, -0.2) is 12.8 Å². The summed E-state index contributed by atoms with van der Waals surface area (Å²) in [4.78, 5) is 0.587. The van der Waals surface area contributed by atoms with Crippen molar-refractivity contribution in [1.82, 2.24) is 0 Å². The van der Waals surface area contributed by atoms with Gasteiger partial charge in [-0.2, -0.15) is 0 Å². The molecule has 0 aliphatic carbocycles. The summed E-state index contributed by atoms with van der Waals surface area (Å²) in [6.07, 6.45) is 0.867. The van der Waals surface area contributed by atoms with E-state index < -0.39 is 9.84 Å². The van der Waals surface area contributed by atoms with Gasteiger partial charge in [0.05, 0.1) is 9.79 Å². The molecule has 0 atom stereocenters. The standard InChI is InChI=1S/C26H23FO2S/c1-18-8-15-23(16-9-18)30(28,29)26-22(13-11-20-5-3-4-6-24(20)26)14-12-21-10-7-19(2)17-25(21)27/h3-11,13,15-17H,12,14H2,1-2H3. The number of fused-ring (bicyclic) bond motifs is 1. The first-order valence-corrected chi connectivity index (χ1v) is 11.4. The maximum absolute atomic E-state index is 14.3. The third-order valence-corrected chi connectivity index (χ3v) is 7.35. The summed E-state index contributed by atoms with van der Waals surface area (Å²) in [5.41, 5.74) is 3.16. The van der Waals surface area contributed by atoms with Gasteiger partial charge in [-0.15, -0.1) is 0 Å². The van der Waals surface area contributed by atoms with E-state index in [4.69, 9.17) is 0 Å². The molecule has 0 amide bonds. The second-order valence-corrected chi connectivity index (χ2v) is 9.57. The summed E-state index contributed by atoms with van der Waals surface area (Å²) in [5, 5.41) is 1.56. The highest BCUT2D eigenvalue weighted by atomic mass is 32.2. The fraction of sp³-hybridized carbons (Fsp3) is 0.154. The van der Waals surface area contributed by atoms with E-state index in [1.165, 1.54) is 6.07 Å². The average Bonchev–Trinajstić information content (AvgIpc) is 2.73. The third-order valence-electron chi connectivity index (χ3n) is 5.43. The fourth-order valence-corrected chi connectivity index (χ4v) is 5.48. The molecule has 30 heavy (non-hydrogen) atoms. The number of hydrogen-bond acceptors (Lipinski definition) is 2. The number of sulfone groups is 1. The van der Waals surface area contributed by atoms with Crippen LogP contribution in [0.5, 0.6) is 0 Å². The molecule has 0 bridgehead atoms. The van der Waals surface area contributed by atoms with E-state index in [0.717, 1.165) is 16.5 Å². The molecule has 0 radical (unpaired) electrons. The molecule has 4 aromatic rings. The van der Waals surface area contributed by atoms with E-state index in [-0.39, 0.29) is 10.7 Å². The molecule has 4 rings (SSSR count). The lowest BCUT2D eigenvalue weighted by Gasteiger charge is -2.15. The minimum atomic E-state index is -3.73. The van der Waals surface area contributed by atoms with Crippen LogP contribution in [0.25, 0.3) is 10.8 Å². The molecule has 2 nitrogen and oxygen atoms in total. The van der Waals surface area contributed by atoms with E-state index in [1.54, 1.807) is 30.3 Å². The molecule has 0 N–H and O–H groups in total. The first-order chi connectivity index (χ1) is 14.4. The Labute approximate surface area is 176 Å². The van der Waals surface area contributed by atoms with Gasteiger partial charge in [-0.1, -0.05) is 66.2 Å². The topological polar surface area (TPSA) is 34.1 Å². The van der Waals surface area contributed by atoms with Crippen LogP contribution in [0.2, 0.25) is 0 Å². The summed E-state index contributed by atoms with van der Waals surface area (Å²) in [7, 11) is -3.73. The molecule has 0 unspecified atom stereocenters. The predicted molar refractivity (Wildman–Crippen MR) is 119 cm³/mol. The molecule has 0 spiro atoms. The Hall–Kier alpha value is -2.98. The van der Waals surface area contributed by atoms with E-state index >= 15 is 0 Å². The zero-order chi connectivity index (χ0) is 21.3. The average molecular weight is 419 g/mol. The highest BCUT2D eigenvalue weighted by molar-refractivity contribution is 7.91. The van der Waals surface area contributed by atoms with Crippen LogP contribution in [0, 0.1) is 19.7 Å². The van der Waals surface area contributed by atoms with Crippen molar-refractivity contribution in [3.05, 3.63) is 107 Å². The number of benzene rings is 4. The highest BCUT2D eigenvalue weighted by Crippen LogP contribution is 2.32. The second-order valence-electron chi connectivity index (χ2n) is 7.69. The maximum Gasteiger partial charge on any atom is 0.207 e. The minimum Gasteiger partial charge on any atom is -0.218 e. The second kappa shape index (κ2) is 8.04.